The zero-order valence-electron chi connectivity index (χ0n) is 8.21. The molecule has 0 unspecified atom stereocenters. The van der Waals surface area contributed by atoms with Gasteiger partial charge in [-0.1, -0.05) is 0 Å². The molecular formula is C9H8N4O2S. The Morgan fingerprint density at radius 1 is 1.44 bits per heavy atom. The van der Waals surface area contributed by atoms with E-state index in [0.29, 0.717) is 0 Å². The highest BCUT2D eigenvalue weighted by atomic mass is 32.2. The summed E-state index contributed by atoms with van der Waals surface area (Å²) in [5.74, 6) is 0. The summed E-state index contributed by atoms with van der Waals surface area (Å²) in [7, 11) is -3.76. The summed E-state index contributed by atoms with van der Waals surface area (Å²) in [5.41, 5.74) is -0.160. The lowest BCUT2D eigenvalue weighted by Crippen LogP contribution is -2.25. The van der Waals surface area contributed by atoms with E-state index in [1.54, 1.807) is 6.07 Å². The fourth-order valence-electron chi connectivity index (χ4n) is 1.01. The zero-order chi connectivity index (χ0) is 12.0. The molecule has 1 N–H and O–H groups in total. The van der Waals surface area contributed by atoms with Crippen LogP contribution in [0.15, 0.2) is 23.2 Å². The standard InChI is InChI=1S/C9H8N4O2S/c10-4-2-6-13-16(14,15)9-3-1-5-12-8(9)7-11/h1,3,5,13H,2,6H2. The summed E-state index contributed by atoms with van der Waals surface area (Å²) in [6.45, 7) is 0.0125. The maximum absolute atomic E-state index is 11.7. The lowest BCUT2D eigenvalue weighted by atomic mass is 10.4. The Bertz CT molecular complexity index is 554. The van der Waals surface area contributed by atoms with E-state index in [9.17, 15) is 8.42 Å². The van der Waals surface area contributed by atoms with Gasteiger partial charge in [0.05, 0.1) is 6.07 Å². The second-order valence-electron chi connectivity index (χ2n) is 2.77. The molecule has 0 aromatic carbocycles. The molecule has 1 aromatic heterocycles. The van der Waals surface area contributed by atoms with Crippen molar-refractivity contribution in [2.75, 3.05) is 6.54 Å². The van der Waals surface area contributed by atoms with Gasteiger partial charge in [0.1, 0.15) is 11.0 Å². The van der Waals surface area contributed by atoms with Gasteiger partial charge in [0.2, 0.25) is 10.0 Å². The number of nitriles is 2. The molecular weight excluding hydrogens is 228 g/mol. The first kappa shape index (κ1) is 12.1. The Kier molecular flexibility index (Phi) is 3.95. The number of hydrogen-bond acceptors (Lipinski definition) is 5. The summed E-state index contributed by atoms with van der Waals surface area (Å²) in [4.78, 5) is 3.48. The van der Waals surface area contributed by atoms with E-state index in [1.807, 2.05) is 6.07 Å². The molecule has 0 aliphatic rings. The highest BCUT2D eigenvalue weighted by Gasteiger charge is 2.18. The van der Waals surface area contributed by atoms with Crippen molar-refractivity contribution in [3.63, 3.8) is 0 Å². The minimum absolute atomic E-state index is 0.0125. The van der Waals surface area contributed by atoms with Gasteiger partial charge in [-0.05, 0) is 12.1 Å². The molecule has 0 fully saturated rings. The van der Waals surface area contributed by atoms with Crippen LogP contribution in [-0.2, 0) is 10.0 Å². The Balaban J connectivity index is 3.00. The van der Waals surface area contributed by atoms with Crippen LogP contribution in [-0.4, -0.2) is 19.9 Å². The molecule has 0 bridgehead atoms. The van der Waals surface area contributed by atoms with Crippen LogP contribution < -0.4 is 4.72 Å². The van der Waals surface area contributed by atoms with Crippen molar-refractivity contribution in [2.45, 2.75) is 11.3 Å². The summed E-state index contributed by atoms with van der Waals surface area (Å²) >= 11 is 0. The molecule has 7 heteroatoms. The summed E-state index contributed by atoms with van der Waals surface area (Å²) < 4.78 is 25.6. The van der Waals surface area contributed by atoms with E-state index in [4.69, 9.17) is 10.5 Å². The van der Waals surface area contributed by atoms with Gasteiger partial charge < -0.3 is 0 Å². The predicted octanol–water partition coefficient (Wildman–Crippen LogP) is 0.145. The quantitative estimate of drug-likeness (QED) is 0.748. The first-order chi connectivity index (χ1) is 7.61. The van der Waals surface area contributed by atoms with Crippen LogP contribution >= 0.6 is 0 Å². The van der Waals surface area contributed by atoms with Crippen molar-refractivity contribution in [1.29, 1.82) is 10.5 Å². The van der Waals surface area contributed by atoms with Crippen molar-refractivity contribution < 1.29 is 8.42 Å². The molecule has 82 valence electrons. The lowest BCUT2D eigenvalue weighted by Gasteiger charge is -2.05. The Morgan fingerprint density at radius 3 is 2.81 bits per heavy atom. The molecule has 0 aliphatic heterocycles. The van der Waals surface area contributed by atoms with Crippen LogP contribution in [0.1, 0.15) is 12.1 Å². The van der Waals surface area contributed by atoms with Crippen molar-refractivity contribution in [2.24, 2.45) is 0 Å². The van der Waals surface area contributed by atoms with E-state index in [-0.39, 0.29) is 23.6 Å². The van der Waals surface area contributed by atoms with Crippen LogP contribution in [0, 0.1) is 22.7 Å². The van der Waals surface area contributed by atoms with E-state index in [2.05, 4.69) is 9.71 Å². The number of nitrogens with one attached hydrogen (secondary N) is 1. The third-order valence-corrected chi connectivity index (χ3v) is 3.19. The normalized spacial score (nSPS) is 10.4. The van der Waals surface area contributed by atoms with E-state index in [1.165, 1.54) is 18.3 Å². The maximum Gasteiger partial charge on any atom is 0.243 e. The average Bonchev–Trinajstić information content (AvgIpc) is 2.29. The molecule has 0 saturated carbocycles. The number of pyridine rings is 1. The van der Waals surface area contributed by atoms with Crippen molar-refractivity contribution in [3.8, 4) is 12.1 Å². The fraction of sp³-hybridized carbons (Fsp3) is 0.222. The summed E-state index contributed by atoms with van der Waals surface area (Å²) in [5, 5.41) is 17.0. The Morgan fingerprint density at radius 2 is 2.19 bits per heavy atom. The third-order valence-electron chi connectivity index (χ3n) is 1.69. The number of rotatable bonds is 4. The van der Waals surface area contributed by atoms with Gasteiger partial charge in [0, 0.05) is 19.2 Å². The summed E-state index contributed by atoms with van der Waals surface area (Å²) in [6.07, 6.45) is 1.41. The molecule has 0 aliphatic carbocycles. The van der Waals surface area contributed by atoms with Gasteiger partial charge in [-0.3, -0.25) is 0 Å². The molecule has 1 rings (SSSR count). The van der Waals surface area contributed by atoms with Gasteiger partial charge in [-0.15, -0.1) is 0 Å². The molecule has 16 heavy (non-hydrogen) atoms. The molecule has 0 saturated heterocycles. The molecule has 0 amide bonds. The molecule has 0 atom stereocenters. The maximum atomic E-state index is 11.7. The first-order valence-corrected chi connectivity index (χ1v) is 5.82. The van der Waals surface area contributed by atoms with Crippen LogP contribution in [0.2, 0.25) is 0 Å². The smallest absolute Gasteiger partial charge is 0.243 e. The summed E-state index contributed by atoms with van der Waals surface area (Å²) in [6, 6.07) is 6.23. The zero-order valence-corrected chi connectivity index (χ0v) is 9.03. The third kappa shape index (κ3) is 2.76. The molecule has 0 spiro atoms. The van der Waals surface area contributed by atoms with E-state index < -0.39 is 10.0 Å². The first-order valence-electron chi connectivity index (χ1n) is 4.33. The number of hydrogen-bond donors (Lipinski definition) is 1. The molecule has 1 aromatic rings. The molecule has 1 heterocycles. The topological polar surface area (TPSA) is 107 Å². The van der Waals surface area contributed by atoms with Gasteiger partial charge in [-0.25, -0.2) is 18.1 Å². The van der Waals surface area contributed by atoms with Crippen LogP contribution in [0.5, 0.6) is 0 Å². The molecule has 0 radical (unpaired) electrons. The van der Waals surface area contributed by atoms with Crippen molar-refractivity contribution in [1.82, 2.24) is 9.71 Å². The van der Waals surface area contributed by atoms with Crippen LogP contribution in [0.3, 0.4) is 0 Å². The van der Waals surface area contributed by atoms with E-state index in [0.717, 1.165) is 0 Å². The Hall–Kier alpha value is -1.96. The largest absolute Gasteiger partial charge is 0.244 e. The second-order valence-corrected chi connectivity index (χ2v) is 4.50. The van der Waals surface area contributed by atoms with Crippen LogP contribution in [0.4, 0.5) is 0 Å². The molecule has 6 nitrogen and oxygen atoms in total. The van der Waals surface area contributed by atoms with Crippen molar-refractivity contribution in [3.05, 3.63) is 24.0 Å². The van der Waals surface area contributed by atoms with Crippen LogP contribution in [0.25, 0.3) is 0 Å². The van der Waals surface area contributed by atoms with Crippen molar-refractivity contribution >= 4 is 10.0 Å². The SMILES string of the molecule is N#CCCNS(=O)(=O)c1cccnc1C#N. The van der Waals surface area contributed by atoms with Gasteiger partial charge in [0.25, 0.3) is 0 Å². The highest BCUT2D eigenvalue weighted by molar-refractivity contribution is 7.89. The van der Waals surface area contributed by atoms with Gasteiger partial charge in [-0.2, -0.15) is 10.5 Å². The predicted molar refractivity (Wildman–Crippen MR) is 54.4 cm³/mol. The number of nitrogens with zero attached hydrogens (tertiary/aromatic N) is 3. The average molecular weight is 236 g/mol. The monoisotopic (exact) mass is 236 g/mol. The fourth-order valence-corrected chi connectivity index (χ4v) is 2.15. The Labute approximate surface area is 93.2 Å². The second kappa shape index (κ2) is 5.21. The minimum Gasteiger partial charge on any atom is -0.244 e. The highest BCUT2D eigenvalue weighted by Crippen LogP contribution is 2.11. The lowest BCUT2D eigenvalue weighted by molar-refractivity contribution is 0.581. The number of sulfonamides is 1. The van der Waals surface area contributed by atoms with Gasteiger partial charge in [0.15, 0.2) is 5.69 Å². The minimum atomic E-state index is -3.76. The van der Waals surface area contributed by atoms with Gasteiger partial charge >= 0.3 is 0 Å². The van der Waals surface area contributed by atoms with E-state index >= 15 is 0 Å². The number of aromatic nitrogens is 1.